The van der Waals surface area contributed by atoms with Crippen LogP contribution in [0.4, 0.5) is 45.5 Å². The number of benzene rings is 5. The summed E-state index contributed by atoms with van der Waals surface area (Å²) in [6.45, 7) is 0. The van der Waals surface area contributed by atoms with Crippen LogP contribution >= 0.6 is 0 Å². The number of hydrogen-bond acceptors (Lipinski definition) is 13. The Morgan fingerprint density at radius 2 is 1.09 bits per heavy atom. The molecule has 0 atom stereocenters. The number of anilines is 4. The van der Waals surface area contributed by atoms with Crippen molar-refractivity contribution in [2.75, 3.05) is 22.9 Å². The molecule has 0 fully saturated rings. The smallest absolute Gasteiger partial charge is 0.295 e. The lowest BCUT2D eigenvalue weighted by molar-refractivity contribution is 0.480. The van der Waals surface area contributed by atoms with E-state index in [0.29, 0.717) is 11.1 Å². The standard InChI is InChI=1S/C30H26N8O7S2/c31-19-7-12-24(23(33)13-19)37-35-20-8-3-16(26(14-20)46(40,41)42)1-2-17-4-9-21(15-27(17)47(43,44)45)36-38-25-11-6-18-5-10-22(32)30(39)28(18)29(25)34/h1-15,39H,31-34H2,(H,40,41,42)(H,43,44,45)/b2-1+,37-35?,38-36?. The fourth-order valence-corrected chi connectivity index (χ4v) is 5.89. The minimum absolute atomic E-state index is 0.0150. The second kappa shape index (κ2) is 12.5. The molecule has 0 aliphatic rings. The van der Waals surface area contributed by atoms with Crippen molar-refractivity contribution in [3.05, 3.63) is 90.0 Å². The Morgan fingerprint density at radius 1 is 0.574 bits per heavy atom. The minimum atomic E-state index is -4.81. The van der Waals surface area contributed by atoms with E-state index in [1.807, 2.05) is 0 Å². The van der Waals surface area contributed by atoms with Gasteiger partial charge in [-0.3, -0.25) is 9.11 Å². The molecule has 17 heteroatoms. The summed E-state index contributed by atoms with van der Waals surface area (Å²) in [5.74, 6) is -0.221. The fourth-order valence-electron chi connectivity index (χ4n) is 4.48. The second-order valence-electron chi connectivity index (χ2n) is 10.0. The highest BCUT2D eigenvalue weighted by atomic mass is 32.2. The predicted octanol–water partition coefficient (Wildman–Crippen LogP) is 6.37. The van der Waals surface area contributed by atoms with Crippen molar-refractivity contribution in [3.63, 3.8) is 0 Å². The first-order valence-electron chi connectivity index (χ1n) is 13.3. The van der Waals surface area contributed by atoms with Gasteiger partial charge in [0, 0.05) is 5.69 Å². The molecule has 5 rings (SSSR count). The number of rotatable bonds is 8. The zero-order valence-corrected chi connectivity index (χ0v) is 25.7. The summed E-state index contributed by atoms with van der Waals surface area (Å²) in [6.07, 6.45) is 2.44. The molecule has 0 aromatic heterocycles. The maximum absolute atomic E-state index is 12.3. The Balaban J connectivity index is 1.47. The molecule has 11 N–H and O–H groups in total. The van der Waals surface area contributed by atoms with E-state index in [4.69, 9.17) is 22.9 Å². The number of hydrogen-bond donors (Lipinski definition) is 7. The van der Waals surface area contributed by atoms with Crippen molar-refractivity contribution in [2.45, 2.75) is 9.79 Å². The summed E-state index contributed by atoms with van der Waals surface area (Å²) >= 11 is 0. The second-order valence-corrected chi connectivity index (χ2v) is 12.8. The van der Waals surface area contributed by atoms with Crippen LogP contribution in [0.5, 0.6) is 5.75 Å². The van der Waals surface area contributed by atoms with Crippen LogP contribution in [0.1, 0.15) is 11.1 Å². The van der Waals surface area contributed by atoms with Gasteiger partial charge in [0.1, 0.15) is 26.9 Å². The van der Waals surface area contributed by atoms with Gasteiger partial charge >= 0.3 is 0 Å². The Labute approximate surface area is 268 Å². The largest absolute Gasteiger partial charge is 0.505 e. The first-order chi connectivity index (χ1) is 22.1. The molecule has 0 saturated carbocycles. The molecule has 240 valence electrons. The van der Waals surface area contributed by atoms with Crippen molar-refractivity contribution >= 4 is 88.7 Å². The van der Waals surface area contributed by atoms with Gasteiger partial charge in [0.2, 0.25) is 0 Å². The molecule has 0 bridgehead atoms. The number of nitrogen functional groups attached to an aromatic ring is 4. The maximum atomic E-state index is 12.3. The summed E-state index contributed by atoms with van der Waals surface area (Å²) in [4.78, 5) is -1.11. The number of phenols is 1. The van der Waals surface area contributed by atoms with Crippen LogP contribution in [0.3, 0.4) is 0 Å². The summed E-state index contributed by atoms with van der Waals surface area (Å²) < 4.78 is 68.8. The molecule has 47 heavy (non-hydrogen) atoms. The van der Waals surface area contributed by atoms with E-state index in [-0.39, 0.29) is 62.1 Å². The molecular weight excluding hydrogens is 649 g/mol. The van der Waals surface area contributed by atoms with Crippen molar-refractivity contribution in [1.29, 1.82) is 0 Å². The average Bonchev–Trinajstić information content (AvgIpc) is 3.00. The van der Waals surface area contributed by atoms with Gasteiger partial charge in [-0.05, 0) is 71.1 Å². The van der Waals surface area contributed by atoms with E-state index < -0.39 is 30.0 Å². The molecule has 5 aromatic carbocycles. The zero-order valence-electron chi connectivity index (χ0n) is 24.0. The Hall–Kier alpha value is -5.88. The number of aromatic hydroxyl groups is 1. The number of fused-ring (bicyclic) bond motifs is 1. The van der Waals surface area contributed by atoms with Gasteiger partial charge in [-0.25, -0.2) is 0 Å². The highest BCUT2D eigenvalue weighted by Crippen LogP contribution is 2.40. The number of nitrogens with zero attached hydrogens (tertiary/aromatic N) is 4. The molecule has 0 saturated heterocycles. The Morgan fingerprint density at radius 3 is 1.62 bits per heavy atom. The number of phenolic OH excluding ortho intramolecular Hbond substituents is 1. The van der Waals surface area contributed by atoms with Gasteiger partial charge < -0.3 is 28.0 Å². The average molecular weight is 675 g/mol. The van der Waals surface area contributed by atoms with E-state index in [1.54, 1.807) is 24.3 Å². The zero-order chi connectivity index (χ0) is 34.1. The first-order valence-corrected chi connectivity index (χ1v) is 16.2. The van der Waals surface area contributed by atoms with E-state index in [1.165, 1.54) is 54.6 Å². The highest BCUT2D eigenvalue weighted by Gasteiger charge is 2.18. The van der Waals surface area contributed by atoms with Crippen molar-refractivity contribution in [1.82, 2.24) is 0 Å². The lowest BCUT2D eigenvalue weighted by Crippen LogP contribution is -2.01. The molecular formula is C30H26N8O7S2. The summed E-state index contributed by atoms with van der Waals surface area (Å²) in [7, 11) is -9.59. The molecule has 0 aliphatic carbocycles. The molecule has 0 unspecified atom stereocenters. The van der Waals surface area contributed by atoms with Gasteiger partial charge in [-0.15, -0.1) is 10.2 Å². The third-order valence-corrected chi connectivity index (χ3v) is 8.62. The van der Waals surface area contributed by atoms with Crippen molar-refractivity contribution < 1.29 is 31.0 Å². The topological polar surface area (TPSA) is 282 Å². The van der Waals surface area contributed by atoms with Gasteiger partial charge in [-0.2, -0.15) is 27.1 Å². The van der Waals surface area contributed by atoms with Crippen LogP contribution in [-0.4, -0.2) is 31.0 Å². The number of nitrogens with two attached hydrogens (primary N) is 4. The van der Waals surface area contributed by atoms with Gasteiger partial charge in [0.25, 0.3) is 20.2 Å². The lowest BCUT2D eigenvalue weighted by Gasteiger charge is -2.09. The molecule has 15 nitrogen and oxygen atoms in total. The summed E-state index contributed by atoms with van der Waals surface area (Å²) in [6, 6.07) is 18.5. The minimum Gasteiger partial charge on any atom is -0.505 e. The van der Waals surface area contributed by atoms with E-state index in [2.05, 4.69) is 20.5 Å². The first kappa shape index (κ1) is 32.5. The van der Waals surface area contributed by atoms with Crippen molar-refractivity contribution in [3.8, 4) is 5.75 Å². The van der Waals surface area contributed by atoms with Crippen LogP contribution < -0.4 is 22.9 Å². The Bertz CT molecular complexity index is 2380. The molecule has 0 spiro atoms. The van der Waals surface area contributed by atoms with Crippen LogP contribution in [0, 0.1) is 0 Å². The molecule has 0 heterocycles. The van der Waals surface area contributed by atoms with Crippen LogP contribution in [0.25, 0.3) is 22.9 Å². The highest BCUT2D eigenvalue weighted by molar-refractivity contribution is 7.86. The SMILES string of the molecule is Nc1ccc(N=Nc2ccc(/C=C/c3ccc(N=Nc4ccc5ccc(N)c(O)c5c4N)cc3S(=O)(=O)O)c(S(=O)(=O)O)c2)c(N)c1. The monoisotopic (exact) mass is 674 g/mol. The number of azo groups is 2. The lowest BCUT2D eigenvalue weighted by atomic mass is 10.1. The third kappa shape index (κ3) is 7.18. The fraction of sp³-hybridized carbons (Fsp3) is 0. The van der Waals surface area contributed by atoms with E-state index in [0.717, 1.165) is 12.1 Å². The van der Waals surface area contributed by atoms with Gasteiger partial charge in [0.15, 0.2) is 0 Å². The molecule has 5 aromatic rings. The summed E-state index contributed by atoms with van der Waals surface area (Å²) in [5.41, 5.74) is 24.8. The van der Waals surface area contributed by atoms with Crippen LogP contribution in [0.2, 0.25) is 0 Å². The van der Waals surface area contributed by atoms with Gasteiger partial charge in [0.05, 0.1) is 33.8 Å². The summed E-state index contributed by atoms with van der Waals surface area (Å²) in [5, 5.41) is 27.3. The molecule has 0 aliphatic heterocycles. The molecule has 0 radical (unpaired) electrons. The normalized spacial score (nSPS) is 12.6. The molecule has 0 amide bonds. The predicted molar refractivity (Wildman–Crippen MR) is 179 cm³/mol. The third-order valence-electron chi connectivity index (χ3n) is 6.80. The quantitative estimate of drug-likeness (QED) is 0.0312. The van der Waals surface area contributed by atoms with Crippen LogP contribution in [0.15, 0.2) is 109 Å². The maximum Gasteiger partial charge on any atom is 0.295 e. The van der Waals surface area contributed by atoms with E-state index >= 15 is 0 Å². The van der Waals surface area contributed by atoms with E-state index in [9.17, 15) is 31.0 Å². The Kier molecular flexibility index (Phi) is 8.64. The van der Waals surface area contributed by atoms with Gasteiger partial charge in [-0.1, -0.05) is 36.4 Å². The van der Waals surface area contributed by atoms with Crippen LogP contribution in [-0.2, 0) is 20.2 Å². The van der Waals surface area contributed by atoms with Crippen molar-refractivity contribution in [2.24, 2.45) is 20.5 Å².